The van der Waals surface area contributed by atoms with E-state index in [1.807, 2.05) is 0 Å². The van der Waals surface area contributed by atoms with Crippen LogP contribution in [0, 0.1) is 0 Å². The van der Waals surface area contributed by atoms with E-state index in [-0.39, 0.29) is 0 Å². The minimum absolute atomic E-state index is 0.378. The number of hydrogen-bond donors (Lipinski definition) is 2. The molecular formula is C16H13Cl2N3O3. The number of carbonyl (C=O) groups is 2. The van der Waals surface area contributed by atoms with Crippen LogP contribution in [0.5, 0.6) is 5.75 Å². The Kier molecular flexibility index (Phi) is 6.17. The van der Waals surface area contributed by atoms with Crippen molar-refractivity contribution in [1.82, 2.24) is 5.43 Å². The zero-order valence-electron chi connectivity index (χ0n) is 12.5. The van der Waals surface area contributed by atoms with Crippen molar-refractivity contribution in [2.24, 2.45) is 5.10 Å². The first kappa shape index (κ1) is 17.8. The first-order valence-corrected chi connectivity index (χ1v) is 7.49. The van der Waals surface area contributed by atoms with E-state index < -0.39 is 11.8 Å². The number of amides is 2. The molecule has 0 spiro atoms. The van der Waals surface area contributed by atoms with E-state index in [2.05, 4.69) is 15.8 Å². The molecular weight excluding hydrogens is 353 g/mol. The molecule has 0 radical (unpaired) electrons. The number of halogens is 2. The Morgan fingerprint density at radius 2 is 1.67 bits per heavy atom. The Bertz CT molecular complexity index is 756. The topological polar surface area (TPSA) is 79.8 Å². The quantitative estimate of drug-likeness (QED) is 0.496. The number of hydrazone groups is 1. The van der Waals surface area contributed by atoms with Crippen LogP contribution in [0.15, 0.2) is 47.6 Å². The molecule has 0 atom stereocenters. The lowest BCUT2D eigenvalue weighted by Gasteiger charge is -2.05. The molecule has 0 heterocycles. The van der Waals surface area contributed by atoms with Crippen LogP contribution in [0.1, 0.15) is 5.56 Å². The van der Waals surface area contributed by atoms with Crippen LogP contribution >= 0.6 is 23.2 Å². The third-order valence-electron chi connectivity index (χ3n) is 2.91. The van der Waals surface area contributed by atoms with Crippen LogP contribution in [0.2, 0.25) is 10.0 Å². The lowest BCUT2D eigenvalue weighted by atomic mass is 10.2. The first-order chi connectivity index (χ1) is 11.5. The standard InChI is InChI=1S/C16H13Cl2N3O3/c1-24-11-7-5-10(6-8-11)20-15(22)16(23)21-19-9-12-13(17)3-2-4-14(12)18/h2-9H,1H3,(H,20,22)(H,21,23)/b19-9-. The van der Waals surface area contributed by atoms with Crippen LogP contribution < -0.4 is 15.5 Å². The fraction of sp³-hybridized carbons (Fsp3) is 0.0625. The maximum atomic E-state index is 11.8. The fourth-order valence-electron chi connectivity index (χ4n) is 1.70. The predicted octanol–water partition coefficient (Wildman–Crippen LogP) is 3.09. The maximum Gasteiger partial charge on any atom is 0.329 e. The summed E-state index contributed by atoms with van der Waals surface area (Å²) in [6.45, 7) is 0. The second-order valence-electron chi connectivity index (χ2n) is 4.52. The Morgan fingerprint density at radius 3 is 2.25 bits per heavy atom. The van der Waals surface area contributed by atoms with Crippen molar-refractivity contribution < 1.29 is 14.3 Å². The van der Waals surface area contributed by atoms with Gasteiger partial charge >= 0.3 is 11.8 Å². The first-order valence-electron chi connectivity index (χ1n) is 6.73. The molecule has 2 aromatic rings. The minimum atomic E-state index is -0.926. The number of rotatable bonds is 4. The summed E-state index contributed by atoms with van der Waals surface area (Å²) >= 11 is 11.9. The van der Waals surface area contributed by atoms with E-state index in [9.17, 15) is 9.59 Å². The molecule has 0 saturated carbocycles. The molecule has 2 N–H and O–H groups in total. The van der Waals surface area contributed by atoms with Gasteiger partial charge in [-0.2, -0.15) is 5.10 Å². The summed E-state index contributed by atoms with van der Waals surface area (Å²) in [7, 11) is 1.53. The highest BCUT2D eigenvalue weighted by Crippen LogP contribution is 2.22. The van der Waals surface area contributed by atoms with Gasteiger partial charge in [0.2, 0.25) is 0 Å². The molecule has 0 aliphatic rings. The molecule has 0 bridgehead atoms. The number of benzene rings is 2. The molecule has 0 saturated heterocycles. The second kappa shape index (κ2) is 8.33. The molecule has 0 unspecified atom stereocenters. The average molecular weight is 366 g/mol. The van der Waals surface area contributed by atoms with Crippen molar-refractivity contribution in [3.05, 3.63) is 58.1 Å². The van der Waals surface area contributed by atoms with Crippen molar-refractivity contribution >= 4 is 46.9 Å². The van der Waals surface area contributed by atoms with Gasteiger partial charge in [-0.25, -0.2) is 5.43 Å². The van der Waals surface area contributed by atoms with Crippen LogP contribution in [0.3, 0.4) is 0 Å². The van der Waals surface area contributed by atoms with Gasteiger partial charge in [0.05, 0.1) is 23.4 Å². The normalized spacial score (nSPS) is 10.5. The number of hydrogen-bond acceptors (Lipinski definition) is 4. The molecule has 6 nitrogen and oxygen atoms in total. The molecule has 2 aromatic carbocycles. The predicted molar refractivity (Wildman–Crippen MR) is 93.8 cm³/mol. The molecule has 0 fully saturated rings. The lowest BCUT2D eigenvalue weighted by molar-refractivity contribution is -0.136. The highest BCUT2D eigenvalue weighted by molar-refractivity contribution is 6.40. The van der Waals surface area contributed by atoms with Gasteiger partial charge in [0.25, 0.3) is 0 Å². The molecule has 2 rings (SSSR count). The monoisotopic (exact) mass is 365 g/mol. The van der Waals surface area contributed by atoms with Gasteiger partial charge in [-0.05, 0) is 36.4 Å². The minimum Gasteiger partial charge on any atom is -0.497 e. The smallest absolute Gasteiger partial charge is 0.329 e. The number of nitrogens with one attached hydrogen (secondary N) is 2. The van der Waals surface area contributed by atoms with E-state index in [0.717, 1.165) is 0 Å². The summed E-state index contributed by atoms with van der Waals surface area (Å²) in [6, 6.07) is 11.5. The van der Waals surface area contributed by atoms with Crippen LogP contribution in [-0.2, 0) is 9.59 Å². The van der Waals surface area contributed by atoms with Crippen LogP contribution in [0.25, 0.3) is 0 Å². The average Bonchev–Trinajstić information content (AvgIpc) is 2.58. The summed E-state index contributed by atoms with van der Waals surface area (Å²) in [4.78, 5) is 23.5. The summed E-state index contributed by atoms with van der Waals surface area (Å²) in [5.74, 6) is -1.15. The Labute approximate surface area is 148 Å². The van der Waals surface area contributed by atoms with Gasteiger partial charge in [0, 0.05) is 11.3 Å². The van der Waals surface area contributed by atoms with Crippen molar-refractivity contribution in [3.8, 4) is 5.75 Å². The number of ether oxygens (including phenoxy) is 1. The number of carbonyl (C=O) groups excluding carboxylic acids is 2. The zero-order valence-corrected chi connectivity index (χ0v) is 14.1. The van der Waals surface area contributed by atoms with Crippen molar-refractivity contribution in [2.75, 3.05) is 12.4 Å². The van der Waals surface area contributed by atoms with E-state index in [1.54, 1.807) is 42.5 Å². The highest BCUT2D eigenvalue weighted by Gasteiger charge is 2.13. The molecule has 2 amide bonds. The van der Waals surface area contributed by atoms with Gasteiger partial charge in [0.15, 0.2) is 0 Å². The number of anilines is 1. The molecule has 0 aromatic heterocycles. The van der Waals surface area contributed by atoms with E-state index in [1.165, 1.54) is 13.3 Å². The number of nitrogens with zero attached hydrogens (tertiary/aromatic N) is 1. The van der Waals surface area contributed by atoms with Gasteiger partial charge in [-0.1, -0.05) is 29.3 Å². The van der Waals surface area contributed by atoms with Crippen molar-refractivity contribution in [1.29, 1.82) is 0 Å². The Balaban J connectivity index is 1.94. The molecule has 24 heavy (non-hydrogen) atoms. The van der Waals surface area contributed by atoms with Gasteiger partial charge < -0.3 is 10.1 Å². The highest BCUT2D eigenvalue weighted by atomic mass is 35.5. The summed E-state index contributed by atoms with van der Waals surface area (Å²) in [5.41, 5.74) is 3.00. The van der Waals surface area contributed by atoms with E-state index >= 15 is 0 Å². The van der Waals surface area contributed by atoms with Crippen LogP contribution in [-0.4, -0.2) is 25.1 Å². The second-order valence-corrected chi connectivity index (χ2v) is 5.33. The summed E-state index contributed by atoms with van der Waals surface area (Å²) in [5, 5.41) is 6.87. The molecule has 124 valence electrons. The van der Waals surface area contributed by atoms with E-state index in [4.69, 9.17) is 27.9 Å². The zero-order chi connectivity index (χ0) is 17.5. The van der Waals surface area contributed by atoms with E-state index in [0.29, 0.717) is 27.0 Å². The SMILES string of the molecule is COc1ccc(NC(=O)C(=O)N/N=C\c2c(Cl)cccc2Cl)cc1. The summed E-state index contributed by atoms with van der Waals surface area (Å²) < 4.78 is 5.00. The Hall–Kier alpha value is -2.57. The van der Waals surface area contributed by atoms with Gasteiger partial charge in [-0.15, -0.1) is 0 Å². The maximum absolute atomic E-state index is 11.8. The lowest BCUT2D eigenvalue weighted by Crippen LogP contribution is -2.32. The fourth-order valence-corrected chi connectivity index (χ4v) is 2.20. The Morgan fingerprint density at radius 1 is 1.04 bits per heavy atom. The molecule has 0 aliphatic heterocycles. The van der Waals surface area contributed by atoms with Crippen molar-refractivity contribution in [2.45, 2.75) is 0 Å². The number of methoxy groups -OCH3 is 1. The third-order valence-corrected chi connectivity index (χ3v) is 3.57. The van der Waals surface area contributed by atoms with Gasteiger partial charge in [-0.3, -0.25) is 9.59 Å². The molecule has 8 heteroatoms. The largest absolute Gasteiger partial charge is 0.497 e. The molecule has 0 aliphatic carbocycles. The van der Waals surface area contributed by atoms with Crippen molar-refractivity contribution in [3.63, 3.8) is 0 Å². The summed E-state index contributed by atoms with van der Waals surface area (Å²) in [6.07, 6.45) is 1.27. The third kappa shape index (κ3) is 4.71. The van der Waals surface area contributed by atoms with Gasteiger partial charge in [0.1, 0.15) is 5.75 Å². The van der Waals surface area contributed by atoms with Crippen LogP contribution in [0.4, 0.5) is 5.69 Å².